The van der Waals surface area contributed by atoms with Crippen molar-refractivity contribution >= 4 is 16.9 Å². The third-order valence-electron chi connectivity index (χ3n) is 4.05. The summed E-state index contributed by atoms with van der Waals surface area (Å²) in [6, 6.07) is 0.531. The zero-order chi connectivity index (χ0) is 13.9. The van der Waals surface area contributed by atoms with E-state index in [1.165, 1.54) is 19.3 Å². The molecule has 0 bridgehead atoms. The van der Waals surface area contributed by atoms with E-state index in [2.05, 4.69) is 25.3 Å². The summed E-state index contributed by atoms with van der Waals surface area (Å²) < 4.78 is 5.26. The number of nitrogens with one attached hydrogen (secondary N) is 1. The van der Waals surface area contributed by atoms with Crippen LogP contribution in [0.4, 0.5) is 5.82 Å². The van der Waals surface area contributed by atoms with Crippen molar-refractivity contribution in [3.8, 4) is 0 Å². The van der Waals surface area contributed by atoms with Crippen LogP contribution in [0.2, 0.25) is 0 Å². The zero-order valence-corrected chi connectivity index (χ0v) is 12.1. The van der Waals surface area contributed by atoms with Crippen molar-refractivity contribution in [1.29, 1.82) is 0 Å². The number of rotatable bonds is 4. The van der Waals surface area contributed by atoms with E-state index in [1.54, 1.807) is 6.33 Å². The van der Waals surface area contributed by atoms with Crippen LogP contribution in [0.3, 0.4) is 0 Å². The van der Waals surface area contributed by atoms with Gasteiger partial charge in [-0.2, -0.15) is 4.98 Å². The number of piperidine rings is 1. The Morgan fingerprint density at radius 3 is 3.15 bits per heavy atom. The first-order valence-corrected chi connectivity index (χ1v) is 7.29. The summed E-state index contributed by atoms with van der Waals surface area (Å²) in [4.78, 5) is 11.1. The van der Waals surface area contributed by atoms with Crippen LogP contribution in [0.25, 0.3) is 11.1 Å². The Kier molecular flexibility index (Phi) is 3.82. The van der Waals surface area contributed by atoms with Crippen LogP contribution in [0.15, 0.2) is 10.9 Å². The first-order valence-electron chi connectivity index (χ1n) is 7.29. The molecule has 6 heteroatoms. The van der Waals surface area contributed by atoms with Gasteiger partial charge in [0.2, 0.25) is 0 Å². The van der Waals surface area contributed by atoms with Gasteiger partial charge in [-0.1, -0.05) is 5.16 Å². The van der Waals surface area contributed by atoms with Gasteiger partial charge in [0, 0.05) is 12.6 Å². The SMILES string of the molecule is CNCCC1CCCCN1c1ncnc2onc(C)c12. The molecule has 0 radical (unpaired) electrons. The number of aryl methyl sites for hydroxylation is 1. The van der Waals surface area contributed by atoms with Crippen molar-refractivity contribution in [3.05, 3.63) is 12.0 Å². The van der Waals surface area contributed by atoms with Gasteiger partial charge in [-0.3, -0.25) is 0 Å². The second-order valence-corrected chi connectivity index (χ2v) is 5.38. The lowest BCUT2D eigenvalue weighted by Crippen LogP contribution is -2.41. The lowest BCUT2D eigenvalue weighted by molar-refractivity contribution is 0.430. The third-order valence-corrected chi connectivity index (χ3v) is 4.05. The summed E-state index contributed by atoms with van der Waals surface area (Å²) in [5, 5.41) is 8.22. The minimum Gasteiger partial charge on any atom is -0.353 e. The fourth-order valence-corrected chi connectivity index (χ4v) is 3.01. The van der Waals surface area contributed by atoms with Crippen LogP contribution in [-0.4, -0.2) is 41.3 Å². The number of anilines is 1. The van der Waals surface area contributed by atoms with Crippen molar-refractivity contribution in [2.45, 2.75) is 38.6 Å². The minimum absolute atomic E-state index is 0.531. The first-order chi connectivity index (χ1) is 9.81. The van der Waals surface area contributed by atoms with Crippen LogP contribution in [0.5, 0.6) is 0 Å². The molecule has 20 heavy (non-hydrogen) atoms. The molecule has 1 unspecified atom stereocenters. The molecule has 0 saturated carbocycles. The van der Waals surface area contributed by atoms with Crippen LogP contribution in [0.1, 0.15) is 31.4 Å². The highest BCUT2D eigenvalue weighted by Crippen LogP contribution is 2.31. The smallest absolute Gasteiger partial charge is 0.263 e. The Hall–Kier alpha value is -1.69. The van der Waals surface area contributed by atoms with Crippen LogP contribution >= 0.6 is 0 Å². The molecule has 1 aliphatic rings. The van der Waals surface area contributed by atoms with Crippen molar-refractivity contribution in [1.82, 2.24) is 20.4 Å². The van der Waals surface area contributed by atoms with Crippen LogP contribution in [0, 0.1) is 6.92 Å². The molecule has 2 aromatic heterocycles. The van der Waals surface area contributed by atoms with E-state index in [4.69, 9.17) is 4.52 Å². The maximum absolute atomic E-state index is 5.26. The van der Waals surface area contributed by atoms with Gasteiger partial charge in [0.25, 0.3) is 5.71 Å². The van der Waals surface area contributed by atoms with Crippen LogP contribution in [-0.2, 0) is 0 Å². The topological polar surface area (TPSA) is 67.1 Å². The predicted octanol–water partition coefficient (Wildman–Crippen LogP) is 1.89. The van der Waals surface area contributed by atoms with Gasteiger partial charge >= 0.3 is 0 Å². The quantitative estimate of drug-likeness (QED) is 0.919. The first kappa shape index (κ1) is 13.3. The van der Waals surface area contributed by atoms with Gasteiger partial charge in [0.05, 0.1) is 5.69 Å². The molecule has 2 aromatic rings. The van der Waals surface area contributed by atoms with E-state index in [-0.39, 0.29) is 0 Å². The van der Waals surface area contributed by atoms with Gasteiger partial charge in [-0.05, 0) is 46.2 Å². The lowest BCUT2D eigenvalue weighted by atomic mass is 9.99. The Balaban J connectivity index is 1.97. The fourth-order valence-electron chi connectivity index (χ4n) is 3.01. The zero-order valence-electron chi connectivity index (χ0n) is 12.1. The average Bonchev–Trinajstić information content (AvgIpc) is 2.87. The molecular weight excluding hydrogens is 254 g/mol. The molecule has 1 N–H and O–H groups in total. The largest absolute Gasteiger partial charge is 0.353 e. The van der Waals surface area contributed by atoms with E-state index in [1.807, 2.05) is 14.0 Å². The molecule has 108 valence electrons. The van der Waals surface area contributed by atoms with Gasteiger partial charge < -0.3 is 14.7 Å². The summed E-state index contributed by atoms with van der Waals surface area (Å²) in [5.41, 5.74) is 1.46. The Bertz CT molecular complexity index is 582. The van der Waals surface area contributed by atoms with Gasteiger partial charge in [-0.15, -0.1) is 0 Å². The summed E-state index contributed by atoms with van der Waals surface area (Å²) in [5.74, 6) is 0.981. The van der Waals surface area contributed by atoms with Crippen molar-refractivity contribution in [2.75, 3.05) is 25.0 Å². The lowest BCUT2D eigenvalue weighted by Gasteiger charge is -2.37. The Morgan fingerprint density at radius 2 is 2.30 bits per heavy atom. The molecule has 1 saturated heterocycles. The maximum Gasteiger partial charge on any atom is 0.263 e. The summed E-state index contributed by atoms with van der Waals surface area (Å²) in [6.07, 6.45) is 6.43. The van der Waals surface area contributed by atoms with E-state index in [0.717, 1.165) is 36.4 Å². The highest BCUT2D eigenvalue weighted by atomic mass is 16.5. The minimum atomic E-state index is 0.531. The van der Waals surface area contributed by atoms with E-state index >= 15 is 0 Å². The molecular formula is C14H21N5O. The molecule has 0 aromatic carbocycles. The predicted molar refractivity (Wildman–Crippen MR) is 77.9 cm³/mol. The van der Waals surface area contributed by atoms with Crippen LogP contribution < -0.4 is 10.2 Å². The number of aromatic nitrogens is 3. The molecule has 3 rings (SSSR count). The fraction of sp³-hybridized carbons (Fsp3) is 0.643. The van der Waals surface area contributed by atoms with E-state index in [0.29, 0.717) is 11.8 Å². The van der Waals surface area contributed by atoms with Gasteiger partial charge in [0.15, 0.2) is 0 Å². The summed E-state index contributed by atoms with van der Waals surface area (Å²) in [6.45, 7) is 4.02. The van der Waals surface area contributed by atoms with Crippen molar-refractivity contribution < 1.29 is 4.52 Å². The number of nitrogens with zero attached hydrogens (tertiary/aromatic N) is 4. The van der Waals surface area contributed by atoms with Gasteiger partial charge in [0.1, 0.15) is 17.5 Å². The summed E-state index contributed by atoms with van der Waals surface area (Å²) >= 11 is 0. The Morgan fingerprint density at radius 1 is 1.40 bits per heavy atom. The molecule has 1 aliphatic heterocycles. The number of hydrogen-bond donors (Lipinski definition) is 1. The standard InChI is InChI=1S/C14H21N5O/c1-10-12-13(16-9-17-14(12)20-18-10)19-8-4-3-5-11(19)6-7-15-2/h9,11,15H,3-8H2,1-2H3. The highest BCUT2D eigenvalue weighted by molar-refractivity contribution is 5.88. The second-order valence-electron chi connectivity index (χ2n) is 5.38. The number of fused-ring (bicyclic) bond motifs is 1. The maximum atomic E-state index is 5.26. The van der Waals surface area contributed by atoms with Crippen molar-refractivity contribution in [2.24, 2.45) is 0 Å². The van der Waals surface area contributed by atoms with E-state index in [9.17, 15) is 0 Å². The normalized spacial score (nSPS) is 19.7. The second kappa shape index (κ2) is 5.75. The monoisotopic (exact) mass is 275 g/mol. The molecule has 0 spiro atoms. The molecule has 0 aliphatic carbocycles. The molecule has 1 atom stereocenters. The van der Waals surface area contributed by atoms with E-state index < -0.39 is 0 Å². The molecule has 0 amide bonds. The van der Waals surface area contributed by atoms with Gasteiger partial charge in [-0.25, -0.2) is 4.98 Å². The molecule has 1 fully saturated rings. The average molecular weight is 275 g/mol. The molecule has 3 heterocycles. The van der Waals surface area contributed by atoms with Crippen molar-refractivity contribution in [3.63, 3.8) is 0 Å². The number of hydrogen-bond acceptors (Lipinski definition) is 6. The summed E-state index contributed by atoms with van der Waals surface area (Å²) in [7, 11) is 2.00. The Labute approximate surface area is 118 Å². The molecule has 6 nitrogen and oxygen atoms in total. The third kappa shape index (κ3) is 2.35. The highest BCUT2D eigenvalue weighted by Gasteiger charge is 2.26.